The lowest BCUT2D eigenvalue weighted by Gasteiger charge is -2.22. The number of amides is 1. The van der Waals surface area contributed by atoms with E-state index < -0.39 is 28.5 Å². The summed E-state index contributed by atoms with van der Waals surface area (Å²) in [5, 5.41) is 2.63. The molecular weight excluding hydrogens is 382 g/mol. The molecule has 1 N–H and O–H groups in total. The van der Waals surface area contributed by atoms with E-state index in [4.69, 9.17) is 4.74 Å². The lowest BCUT2D eigenvalue weighted by Crippen LogP contribution is -2.31. The van der Waals surface area contributed by atoms with Gasteiger partial charge in [-0.25, -0.2) is 13.2 Å². The molecule has 1 rings (SSSR count). The number of anilines is 2. The van der Waals surface area contributed by atoms with Crippen LogP contribution in [0, 0.1) is 0 Å². The van der Waals surface area contributed by atoms with Crippen molar-refractivity contribution < 1.29 is 22.7 Å². The van der Waals surface area contributed by atoms with Gasteiger partial charge in [-0.2, -0.15) is 4.31 Å². The number of esters is 1. The Morgan fingerprint density at radius 1 is 1.14 bits per heavy atom. The summed E-state index contributed by atoms with van der Waals surface area (Å²) in [6, 6.07) is 4.55. The maximum Gasteiger partial charge on any atom is 0.331 e. The Kier molecular flexibility index (Phi) is 8.64. The number of carbonyl (C=O) groups is 2. The number of benzene rings is 1. The molecule has 0 aliphatic heterocycles. The molecule has 0 aromatic heterocycles. The van der Waals surface area contributed by atoms with E-state index in [9.17, 15) is 18.0 Å². The Morgan fingerprint density at radius 2 is 1.75 bits per heavy atom. The van der Waals surface area contributed by atoms with Crippen molar-refractivity contribution in [3.05, 3.63) is 29.8 Å². The topological polar surface area (TPSA) is 96.0 Å². The van der Waals surface area contributed by atoms with E-state index in [1.165, 1.54) is 22.5 Å². The van der Waals surface area contributed by atoms with E-state index in [1.54, 1.807) is 52.8 Å². The molecule has 0 saturated heterocycles. The third-order valence-corrected chi connectivity index (χ3v) is 5.87. The number of nitrogens with zero attached hydrogens (tertiary/aromatic N) is 2. The van der Waals surface area contributed by atoms with Crippen LogP contribution in [0.3, 0.4) is 0 Å². The summed E-state index contributed by atoms with van der Waals surface area (Å²) < 4.78 is 31.7. The minimum Gasteiger partial charge on any atom is -0.452 e. The van der Waals surface area contributed by atoms with Crippen molar-refractivity contribution in [1.82, 2.24) is 4.31 Å². The number of allylic oxidation sites excluding steroid dienone is 1. The summed E-state index contributed by atoms with van der Waals surface area (Å²) >= 11 is 0. The third kappa shape index (κ3) is 6.35. The van der Waals surface area contributed by atoms with E-state index in [0.717, 1.165) is 5.57 Å². The highest BCUT2D eigenvalue weighted by Gasteiger charge is 2.23. The first-order valence-electron chi connectivity index (χ1n) is 8.95. The van der Waals surface area contributed by atoms with E-state index in [-0.39, 0.29) is 4.90 Å². The number of hydrogen-bond donors (Lipinski definition) is 1. The molecule has 156 valence electrons. The SMILES string of the molecule is CCN(CC)S(=O)(=O)c1ccc(N(C)C)c(NC(=O)COC(=O)C=C(C)C)c1. The first kappa shape index (κ1) is 23.6. The monoisotopic (exact) mass is 411 g/mol. The van der Waals surface area contributed by atoms with Crippen molar-refractivity contribution >= 4 is 33.3 Å². The molecule has 0 saturated carbocycles. The number of nitrogens with one attached hydrogen (secondary N) is 1. The van der Waals surface area contributed by atoms with Crippen LogP contribution in [0.2, 0.25) is 0 Å². The fourth-order valence-corrected chi connectivity index (χ4v) is 3.96. The van der Waals surface area contributed by atoms with Crippen molar-refractivity contribution in [3.63, 3.8) is 0 Å². The highest BCUT2D eigenvalue weighted by molar-refractivity contribution is 7.89. The van der Waals surface area contributed by atoms with Gasteiger partial charge >= 0.3 is 5.97 Å². The molecule has 28 heavy (non-hydrogen) atoms. The van der Waals surface area contributed by atoms with Crippen LogP contribution < -0.4 is 10.2 Å². The van der Waals surface area contributed by atoms with Gasteiger partial charge in [-0.15, -0.1) is 0 Å². The largest absolute Gasteiger partial charge is 0.452 e. The first-order valence-corrected chi connectivity index (χ1v) is 10.4. The van der Waals surface area contributed by atoms with Gasteiger partial charge in [-0.05, 0) is 32.0 Å². The predicted octanol–water partition coefficient (Wildman–Crippen LogP) is 2.23. The second-order valence-electron chi connectivity index (χ2n) is 6.54. The van der Waals surface area contributed by atoms with Gasteiger partial charge in [0.1, 0.15) is 0 Å². The maximum atomic E-state index is 12.8. The van der Waals surface area contributed by atoms with Gasteiger partial charge in [-0.3, -0.25) is 4.79 Å². The predicted molar refractivity (Wildman–Crippen MR) is 110 cm³/mol. The molecule has 0 heterocycles. The molecule has 0 bridgehead atoms. The summed E-state index contributed by atoms with van der Waals surface area (Å²) in [7, 11) is -0.118. The second kappa shape index (κ2) is 10.2. The molecule has 0 aliphatic carbocycles. The van der Waals surface area contributed by atoms with Gasteiger partial charge in [-0.1, -0.05) is 19.4 Å². The normalized spacial score (nSPS) is 11.1. The average Bonchev–Trinajstić information content (AvgIpc) is 2.60. The molecule has 0 unspecified atom stereocenters. The van der Waals surface area contributed by atoms with Crippen molar-refractivity contribution in [2.45, 2.75) is 32.6 Å². The first-order chi connectivity index (χ1) is 13.0. The van der Waals surface area contributed by atoms with Gasteiger partial charge in [0.15, 0.2) is 6.61 Å². The zero-order valence-corrected chi connectivity index (χ0v) is 18.1. The van der Waals surface area contributed by atoms with Crippen LogP contribution in [0.15, 0.2) is 34.7 Å². The molecule has 0 fully saturated rings. The van der Waals surface area contributed by atoms with Crippen molar-refractivity contribution in [2.75, 3.05) is 44.0 Å². The fraction of sp³-hybridized carbons (Fsp3) is 0.474. The summed E-state index contributed by atoms with van der Waals surface area (Å²) in [5.41, 5.74) is 1.71. The molecule has 8 nitrogen and oxygen atoms in total. The zero-order valence-electron chi connectivity index (χ0n) is 17.3. The number of ether oxygens (including phenoxy) is 1. The molecule has 0 aliphatic rings. The number of sulfonamides is 1. The van der Waals surface area contributed by atoms with Gasteiger partial charge < -0.3 is 15.0 Å². The van der Waals surface area contributed by atoms with E-state index in [1.807, 2.05) is 0 Å². The van der Waals surface area contributed by atoms with Crippen molar-refractivity contribution in [3.8, 4) is 0 Å². The van der Waals surface area contributed by atoms with Gasteiger partial charge in [0.2, 0.25) is 10.0 Å². The van der Waals surface area contributed by atoms with Crippen LogP contribution in [0.5, 0.6) is 0 Å². The highest BCUT2D eigenvalue weighted by atomic mass is 32.2. The summed E-state index contributed by atoms with van der Waals surface area (Å²) in [6.07, 6.45) is 1.29. The van der Waals surface area contributed by atoms with Crippen LogP contribution in [0.4, 0.5) is 11.4 Å². The average molecular weight is 412 g/mol. The highest BCUT2D eigenvalue weighted by Crippen LogP contribution is 2.29. The Morgan fingerprint density at radius 3 is 2.25 bits per heavy atom. The van der Waals surface area contributed by atoms with E-state index in [0.29, 0.717) is 24.5 Å². The van der Waals surface area contributed by atoms with Crippen molar-refractivity contribution in [1.29, 1.82) is 0 Å². The van der Waals surface area contributed by atoms with Crippen LogP contribution in [0.1, 0.15) is 27.7 Å². The third-order valence-electron chi connectivity index (χ3n) is 3.82. The summed E-state index contributed by atoms with van der Waals surface area (Å²) in [4.78, 5) is 25.6. The van der Waals surface area contributed by atoms with Gasteiger partial charge in [0.05, 0.1) is 16.3 Å². The summed E-state index contributed by atoms with van der Waals surface area (Å²) in [5.74, 6) is -1.17. The Bertz CT molecular complexity index is 839. The number of rotatable bonds is 9. The molecule has 0 radical (unpaired) electrons. The Labute approximate surface area is 167 Å². The van der Waals surface area contributed by atoms with Crippen LogP contribution in [-0.4, -0.2) is 58.4 Å². The molecule has 1 amide bonds. The minimum atomic E-state index is -3.67. The molecule has 0 spiro atoms. The molecule has 9 heteroatoms. The van der Waals surface area contributed by atoms with Gasteiger partial charge in [0, 0.05) is 33.3 Å². The van der Waals surface area contributed by atoms with Gasteiger partial charge in [0.25, 0.3) is 5.91 Å². The standard InChI is InChI=1S/C19H29N3O5S/c1-7-22(8-2)28(25,26)15-9-10-17(21(5)6)16(12-15)20-18(23)13-27-19(24)11-14(3)4/h9-12H,7-8,13H2,1-6H3,(H,20,23). The molecule has 0 atom stereocenters. The fourth-order valence-electron chi connectivity index (χ4n) is 2.48. The van der Waals surface area contributed by atoms with Crippen molar-refractivity contribution in [2.24, 2.45) is 0 Å². The smallest absolute Gasteiger partial charge is 0.331 e. The molecule has 1 aromatic rings. The Balaban J connectivity index is 3.11. The minimum absolute atomic E-state index is 0.0821. The second-order valence-corrected chi connectivity index (χ2v) is 8.48. The number of carbonyl (C=O) groups excluding carboxylic acids is 2. The maximum absolute atomic E-state index is 12.8. The Hall–Kier alpha value is -2.39. The van der Waals surface area contributed by atoms with E-state index in [2.05, 4.69) is 5.32 Å². The van der Waals surface area contributed by atoms with Crippen LogP contribution in [-0.2, 0) is 24.3 Å². The lowest BCUT2D eigenvalue weighted by atomic mass is 10.2. The van der Waals surface area contributed by atoms with Crippen LogP contribution in [0.25, 0.3) is 0 Å². The zero-order chi connectivity index (χ0) is 21.5. The lowest BCUT2D eigenvalue weighted by molar-refractivity contribution is -0.142. The van der Waals surface area contributed by atoms with Crippen LogP contribution >= 0.6 is 0 Å². The quantitative estimate of drug-likeness (QED) is 0.494. The number of hydrogen-bond acceptors (Lipinski definition) is 6. The molecular formula is C19H29N3O5S. The molecule has 1 aromatic carbocycles. The summed E-state index contributed by atoms with van der Waals surface area (Å²) in [6.45, 7) is 7.23. The van der Waals surface area contributed by atoms with E-state index >= 15 is 0 Å².